The van der Waals surface area contributed by atoms with Crippen LogP contribution in [-0.2, 0) is 14.8 Å². The number of aromatic carboxylic acids is 1. The molecule has 0 aliphatic carbocycles. The molecule has 1 unspecified atom stereocenters. The number of rotatable bonds is 28. The van der Waals surface area contributed by atoms with Crippen LogP contribution < -0.4 is 24.3 Å². The highest BCUT2D eigenvalue weighted by Gasteiger charge is 2.41. The van der Waals surface area contributed by atoms with Gasteiger partial charge < -0.3 is 33.9 Å². The fourth-order valence-corrected chi connectivity index (χ4v) is 9.49. The van der Waals surface area contributed by atoms with Gasteiger partial charge >= 0.3 is 5.97 Å². The Balaban J connectivity index is 1.10. The maximum Gasteiger partial charge on any atom is 0.356 e. The Kier molecular flexibility index (Phi) is 17.7. The summed E-state index contributed by atoms with van der Waals surface area (Å²) in [4.78, 5) is 35.5. The van der Waals surface area contributed by atoms with Crippen molar-refractivity contribution in [3.8, 4) is 23.0 Å². The van der Waals surface area contributed by atoms with Crippen LogP contribution in [0.4, 0.5) is 11.4 Å². The van der Waals surface area contributed by atoms with Gasteiger partial charge in [-0.25, -0.2) is 23.2 Å². The summed E-state index contributed by atoms with van der Waals surface area (Å²) >= 11 is 0. The van der Waals surface area contributed by atoms with Crippen LogP contribution in [-0.4, -0.2) is 71.6 Å². The number of carbonyl (C=O) groups excluding carboxylic acids is 1. The molecule has 14 nitrogen and oxygen atoms in total. The molecule has 3 heterocycles. The fourth-order valence-electron chi connectivity index (χ4n) is 7.86. The van der Waals surface area contributed by atoms with E-state index in [-0.39, 0.29) is 42.1 Å². The largest absolute Gasteiger partial charge is 0.493 e. The molecule has 15 heteroatoms. The van der Waals surface area contributed by atoms with E-state index < -0.39 is 27.9 Å². The number of nitrogens with zero attached hydrogens (tertiary/aromatic N) is 4. The molecule has 0 fully saturated rings. The normalized spacial score (nSPS) is 14.2. The van der Waals surface area contributed by atoms with Crippen molar-refractivity contribution in [2.45, 2.75) is 134 Å². The van der Waals surface area contributed by atoms with Gasteiger partial charge in [-0.15, -0.1) is 0 Å². The molecule has 4 aromatic rings. The molecule has 3 aromatic carbocycles. The van der Waals surface area contributed by atoms with E-state index in [9.17, 15) is 23.1 Å². The van der Waals surface area contributed by atoms with Gasteiger partial charge in [0.15, 0.2) is 29.1 Å². The molecule has 0 saturated heterocycles. The van der Waals surface area contributed by atoms with E-state index in [2.05, 4.69) is 17.2 Å². The van der Waals surface area contributed by atoms with Crippen LogP contribution in [0.25, 0.3) is 0 Å². The first-order chi connectivity index (χ1) is 30.7. The number of fused-ring (bicyclic) bond motifs is 2. The highest BCUT2D eigenvalue weighted by atomic mass is 32.2. The predicted molar refractivity (Wildman–Crippen MR) is 243 cm³/mol. The van der Waals surface area contributed by atoms with E-state index in [0.717, 1.165) is 31.2 Å². The van der Waals surface area contributed by atoms with Gasteiger partial charge in [-0.3, -0.25) is 9.10 Å². The van der Waals surface area contributed by atoms with Crippen LogP contribution >= 0.6 is 0 Å². The number of anilines is 1. The quantitative estimate of drug-likeness (QED) is 0.0523. The van der Waals surface area contributed by atoms with Crippen LogP contribution in [0, 0.1) is 6.92 Å². The zero-order valence-corrected chi connectivity index (χ0v) is 37.6. The summed E-state index contributed by atoms with van der Waals surface area (Å²) in [6.07, 6.45) is 21.9. The summed E-state index contributed by atoms with van der Waals surface area (Å²) < 4.78 is 54.1. The maximum atomic E-state index is 14.7. The smallest absolute Gasteiger partial charge is 0.356 e. The Morgan fingerprint density at radius 3 is 2.13 bits per heavy atom. The summed E-state index contributed by atoms with van der Waals surface area (Å²) in [7, 11) is -4.15. The minimum atomic E-state index is -4.15. The van der Waals surface area contributed by atoms with Gasteiger partial charge in [0.2, 0.25) is 6.79 Å². The first kappa shape index (κ1) is 46.9. The Hall–Kier alpha value is -5.57. The molecule has 0 saturated carbocycles. The zero-order valence-electron chi connectivity index (χ0n) is 36.8. The van der Waals surface area contributed by atoms with E-state index >= 15 is 0 Å². The molecule has 2 N–H and O–H groups in total. The minimum Gasteiger partial charge on any atom is -0.493 e. The number of carbonyl (C=O) groups is 2. The number of hydrogen-bond donors (Lipinski definition) is 2. The van der Waals surface area contributed by atoms with Crippen molar-refractivity contribution in [1.82, 2.24) is 13.9 Å². The van der Waals surface area contributed by atoms with Crippen molar-refractivity contribution in [2.24, 2.45) is 4.99 Å². The van der Waals surface area contributed by atoms with Crippen LogP contribution in [0.3, 0.4) is 0 Å². The second-order valence-electron chi connectivity index (χ2n) is 16.3. The zero-order chi connectivity index (χ0) is 44.4. The molecule has 2 aliphatic heterocycles. The van der Waals surface area contributed by atoms with Crippen molar-refractivity contribution < 1.29 is 42.1 Å². The predicted octanol–water partition coefficient (Wildman–Crippen LogP) is 10.6. The SMILES string of the molecule is CCCCCCCCCCCCCCCCCCN1C(C(C(=O)Nc2cc(C)ccc2OCCCOc2ccc3c(c2)OCO3)n2cnc(C(=O)O)c2)=Nc2ccccc2S1(=O)=O. The number of carboxylic acid groups (broad SMARTS) is 1. The summed E-state index contributed by atoms with van der Waals surface area (Å²) in [6, 6.07) is 15.8. The standard InChI is InChI=1S/C48H63N5O9S/c1-3-4-5-6-7-8-9-10-11-12-13-14-15-16-17-20-28-53-46(50-38-22-18-19-23-44(38)63(53,57)58)45(52-33-40(48(55)56)49-34-52)47(54)51-39-31-36(2)24-26-41(39)60-30-21-29-59-37-25-27-42-43(32-37)62-35-61-42/h18-19,22-27,31-34,45H,3-17,20-21,28-30,35H2,1-2H3,(H,51,54)(H,55,56). The van der Waals surface area contributed by atoms with Crippen molar-refractivity contribution in [3.05, 3.63) is 84.4 Å². The van der Waals surface area contributed by atoms with E-state index in [4.69, 9.17) is 23.9 Å². The number of aliphatic imine (C=N–C) groups is 1. The van der Waals surface area contributed by atoms with Gasteiger partial charge in [-0.1, -0.05) is 121 Å². The topological polar surface area (TPSA) is 171 Å². The van der Waals surface area contributed by atoms with Gasteiger partial charge in [0.1, 0.15) is 16.4 Å². The number of carboxylic acids is 1. The van der Waals surface area contributed by atoms with Crippen molar-refractivity contribution in [1.29, 1.82) is 0 Å². The van der Waals surface area contributed by atoms with E-state index in [1.54, 1.807) is 48.5 Å². The number of hydrogen-bond acceptors (Lipinski definition) is 10. The number of amides is 1. The molecular formula is C48H63N5O9S. The number of amidine groups is 1. The lowest BCUT2D eigenvalue weighted by molar-refractivity contribution is -0.117. The van der Waals surface area contributed by atoms with Crippen LogP contribution in [0.15, 0.2) is 83.1 Å². The summed E-state index contributed by atoms with van der Waals surface area (Å²) in [5, 5.41) is 12.7. The first-order valence-electron chi connectivity index (χ1n) is 22.7. The van der Waals surface area contributed by atoms with Crippen LogP contribution in [0.5, 0.6) is 23.0 Å². The third-order valence-corrected chi connectivity index (χ3v) is 13.2. The Morgan fingerprint density at radius 2 is 1.44 bits per heavy atom. The molecule has 0 bridgehead atoms. The Bertz CT molecular complexity index is 2260. The summed E-state index contributed by atoms with van der Waals surface area (Å²) in [6.45, 7) is 5.01. The van der Waals surface area contributed by atoms with Crippen molar-refractivity contribution in [2.75, 3.05) is 31.9 Å². The Labute approximate surface area is 372 Å². The van der Waals surface area contributed by atoms with Crippen LogP contribution in [0.1, 0.15) is 138 Å². The molecule has 63 heavy (non-hydrogen) atoms. The minimum absolute atomic E-state index is 0.0399. The number of imidazole rings is 1. The lowest BCUT2D eigenvalue weighted by Crippen LogP contribution is -2.47. The molecule has 1 amide bonds. The second-order valence-corrected chi connectivity index (χ2v) is 18.1. The molecule has 1 atom stereocenters. The maximum absolute atomic E-state index is 14.7. The Morgan fingerprint density at radius 1 is 0.794 bits per heavy atom. The molecular weight excluding hydrogens is 823 g/mol. The van der Waals surface area contributed by atoms with E-state index in [0.29, 0.717) is 48.1 Å². The van der Waals surface area contributed by atoms with Crippen molar-refractivity contribution in [3.63, 3.8) is 0 Å². The average molecular weight is 886 g/mol. The molecule has 6 rings (SSSR count). The van der Waals surface area contributed by atoms with Gasteiger partial charge in [-0.2, -0.15) is 0 Å². The van der Waals surface area contributed by atoms with Gasteiger partial charge in [0.25, 0.3) is 15.9 Å². The summed E-state index contributed by atoms with van der Waals surface area (Å²) in [5.41, 5.74) is 1.08. The molecule has 0 radical (unpaired) electrons. The molecule has 1 aromatic heterocycles. The second kappa shape index (κ2) is 23.8. The number of sulfonamides is 1. The van der Waals surface area contributed by atoms with Gasteiger partial charge in [0.05, 0.1) is 30.9 Å². The number of aromatic nitrogens is 2. The number of ether oxygens (including phenoxy) is 4. The monoisotopic (exact) mass is 885 g/mol. The number of para-hydroxylation sites is 1. The number of benzene rings is 3. The lowest BCUT2D eigenvalue weighted by Gasteiger charge is -2.33. The lowest BCUT2D eigenvalue weighted by atomic mass is 10.0. The third-order valence-electron chi connectivity index (χ3n) is 11.3. The molecule has 2 aliphatic rings. The molecule has 0 spiro atoms. The highest BCUT2D eigenvalue weighted by molar-refractivity contribution is 7.90. The molecule has 340 valence electrons. The average Bonchev–Trinajstić information content (AvgIpc) is 3.96. The highest BCUT2D eigenvalue weighted by Crippen LogP contribution is 2.37. The van der Waals surface area contributed by atoms with E-state index in [1.807, 2.05) is 13.0 Å². The number of nitrogens with one attached hydrogen (secondary N) is 1. The fraction of sp³-hybridized carbons (Fsp3) is 0.500. The summed E-state index contributed by atoms with van der Waals surface area (Å²) in [5.74, 6) is 0.315. The first-order valence-corrected chi connectivity index (χ1v) is 24.1. The third kappa shape index (κ3) is 13.2. The number of unbranched alkanes of at least 4 members (excludes halogenated alkanes) is 15. The van der Waals surface area contributed by atoms with E-state index in [1.165, 1.54) is 98.1 Å². The number of aryl methyl sites for hydroxylation is 1. The van der Waals surface area contributed by atoms with Gasteiger partial charge in [0, 0.05) is 25.2 Å². The van der Waals surface area contributed by atoms with Crippen LogP contribution in [0.2, 0.25) is 0 Å². The van der Waals surface area contributed by atoms with Gasteiger partial charge in [-0.05, 0) is 55.3 Å². The van der Waals surface area contributed by atoms with Crippen molar-refractivity contribution >= 4 is 39.1 Å².